The van der Waals surface area contributed by atoms with Crippen molar-refractivity contribution in [1.29, 1.82) is 0 Å². The highest BCUT2D eigenvalue weighted by atomic mass is 16.6. The molecule has 4 aliphatic rings. The maximum absolute atomic E-state index is 16.3. The van der Waals surface area contributed by atoms with Crippen LogP contribution in [0.25, 0.3) is 0 Å². The third-order valence-electron chi connectivity index (χ3n) is 13.4. The van der Waals surface area contributed by atoms with Crippen LogP contribution in [0, 0.1) is 16.0 Å². The maximum atomic E-state index is 16.3. The van der Waals surface area contributed by atoms with Gasteiger partial charge in [0, 0.05) is 36.6 Å². The summed E-state index contributed by atoms with van der Waals surface area (Å²) in [6, 6.07) is 41.8. The number of anilines is 3. The molecule has 0 aliphatic carbocycles. The van der Waals surface area contributed by atoms with Crippen LogP contribution in [0.1, 0.15) is 46.0 Å². The van der Waals surface area contributed by atoms with Crippen LogP contribution in [0.2, 0.25) is 0 Å². The molecular weight excluding hydrogens is 883 g/mol. The Kier molecular flexibility index (Phi) is 12.4. The number of hydrogen-bond acceptors (Lipinski definition) is 13. The van der Waals surface area contributed by atoms with Crippen LogP contribution in [-0.4, -0.2) is 84.4 Å². The van der Waals surface area contributed by atoms with E-state index in [1.807, 2.05) is 77.7 Å². The summed E-state index contributed by atoms with van der Waals surface area (Å²) in [5.41, 5.74) is 1.90. The highest BCUT2D eigenvalue weighted by Gasteiger charge is 2.75. The number of nitrogens with zero attached hydrogens (tertiary/aromatic N) is 4. The fourth-order valence-electron chi connectivity index (χ4n) is 10.5. The molecule has 3 amide bonds. The topological polar surface area (TPSA) is 190 Å². The van der Waals surface area contributed by atoms with Gasteiger partial charge in [0.15, 0.2) is 0 Å². The van der Waals surface area contributed by atoms with E-state index in [0.717, 1.165) is 16.2 Å². The molecule has 0 saturated carbocycles. The second-order valence-corrected chi connectivity index (χ2v) is 17.2. The maximum Gasteiger partial charge on any atom is 0.421 e. The molecule has 3 saturated heterocycles. The standard InChI is InChI=1S/C53H47N5O11/c59-28-31-67-41-15-9-14-37(32-41)48-53(42-16-7-8-17-43(42)56(51(53)62)52(63)68-33-34-18-22-40(23-19-34)58(64)65)44(49(60)54-38-20-24-39(25-21-38)55-26-29-66-30-27-55)46-50(61)69-47(36-12-5-2-6-13-36)45(57(46)48)35-10-3-1-4-11-35/h1-25,32,44-48,59H,26-31,33H2,(H,54,60)/t44-,45-,46-,47+,48+,53-/m0/s1. The Bertz CT molecular complexity index is 2880. The van der Waals surface area contributed by atoms with Crippen molar-refractivity contribution in [1.82, 2.24) is 4.90 Å². The molecule has 10 rings (SSSR count). The average Bonchev–Trinajstić information content (AvgIpc) is 3.85. The van der Waals surface area contributed by atoms with Crippen molar-refractivity contribution < 1.29 is 48.2 Å². The number of morpholine rings is 2. The molecule has 4 aliphatic heterocycles. The third-order valence-corrected chi connectivity index (χ3v) is 13.4. The number of rotatable bonds is 12. The molecule has 0 unspecified atom stereocenters. The molecule has 0 aromatic heterocycles. The second-order valence-electron chi connectivity index (χ2n) is 17.2. The number of nitrogens with one attached hydrogen (secondary N) is 1. The molecule has 1 spiro atoms. The number of ether oxygens (including phenoxy) is 4. The molecule has 4 heterocycles. The first kappa shape index (κ1) is 44.9. The highest BCUT2D eigenvalue weighted by molar-refractivity contribution is 6.24. The van der Waals surface area contributed by atoms with Gasteiger partial charge >= 0.3 is 12.1 Å². The summed E-state index contributed by atoms with van der Waals surface area (Å²) in [5, 5.41) is 24.2. The second kappa shape index (κ2) is 19.0. The Morgan fingerprint density at radius 1 is 0.783 bits per heavy atom. The van der Waals surface area contributed by atoms with Gasteiger partial charge in [0.25, 0.3) is 5.69 Å². The molecule has 3 fully saturated rings. The lowest BCUT2D eigenvalue weighted by Gasteiger charge is -2.46. The summed E-state index contributed by atoms with van der Waals surface area (Å²) < 4.78 is 23.9. The van der Waals surface area contributed by atoms with E-state index in [2.05, 4.69) is 10.2 Å². The number of amides is 3. The smallest absolute Gasteiger partial charge is 0.421 e. The van der Waals surface area contributed by atoms with E-state index in [1.54, 1.807) is 60.7 Å². The Morgan fingerprint density at radius 3 is 2.14 bits per heavy atom. The van der Waals surface area contributed by atoms with Gasteiger partial charge in [0.05, 0.1) is 48.4 Å². The molecule has 2 N–H and O–H groups in total. The van der Waals surface area contributed by atoms with Crippen LogP contribution >= 0.6 is 0 Å². The van der Waals surface area contributed by atoms with E-state index >= 15 is 14.4 Å². The zero-order valence-corrected chi connectivity index (χ0v) is 37.2. The van der Waals surface area contributed by atoms with Gasteiger partial charge < -0.3 is 34.3 Å². The van der Waals surface area contributed by atoms with Crippen molar-refractivity contribution in [3.8, 4) is 5.75 Å². The van der Waals surface area contributed by atoms with E-state index in [0.29, 0.717) is 60.0 Å². The van der Waals surface area contributed by atoms with Crippen LogP contribution in [0.4, 0.5) is 27.5 Å². The summed E-state index contributed by atoms with van der Waals surface area (Å²) in [6.45, 7) is 1.91. The normalized spacial score (nSPS) is 22.9. The van der Waals surface area contributed by atoms with Gasteiger partial charge in [-0.2, -0.15) is 0 Å². The van der Waals surface area contributed by atoms with Gasteiger partial charge in [-0.25, -0.2) is 9.69 Å². The van der Waals surface area contributed by atoms with Crippen LogP contribution in [0.5, 0.6) is 5.75 Å². The van der Waals surface area contributed by atoms with Crippen LogP contribution in [0.3, 0.4) is 0 Å². The van der Waals surface area contributed by atoms with E-state index in [1.165, 1.54) is 24.3 Å². The molecule has 16 nitrogen and oxygen atoms in total. The molecule has 6 aromatic rings. The summed E-state index contributed by atoms with van der Waals surface area (Å²) in [4.78, 5) is 78.0. The first-order chi connectivity index (χ1) is 33.7. The summed E-state index contributed by atoms with van der Waals surface area (Å²) in [5.74, 6) is -3.45. The number of non-ortho nitro benzene ring substituents is 1. The number of para-hydroxylation sites is 1. The lowest BCUT2D eigenvalue weighted by atomic mass is 9.65. The SMILES string of the molecule is O=C1O[C@H](c2ccccc2)[C@H](c2ccccc2)N2[C@H]1[C@@H](C(=O)Nc1ccc(N3CCOCC3)cc1)[C@]1(C(=O)N(C(=O)OCc3ccc([N+](=O)[O-])cc3)c3ccccc31)[C@H]2c1cccc(OCCO)c1. The number of nitro benzene ring substituents is 1. The Hall–Kier alpha value is -7.92. The van der Waals surface area contributed by atoms with Crippen molar-refractivity contribution in [2.45, 2.75) is 36.3 Å². The number of imide groups is 1. The number of carbonyl (C=O) groups excluding carboxylic acids is 4. The number of aliphatic hydroxyl groups is 1. The minimum Gasteiger partial charge on any atom is -0.491 e. The van der Waals surface area contributed by atoms with Crippen molar-refractivity contribution in [2.24, 2.45) is 5.92 Å². The molecule has 0 radical (unpaired) electrons. The van der Waals surface area contributed by atoms with E-state index in [-0.39, 0.29) is 31.2 Å². The number of fused-ring (bicyclic) bond motifs is 3. The highest BCUT2D eigenvalue weighted by Crippen LogP contribution is 2.66. The number of nitro groups is 1. The van der Waals surface area contributed by atoms with Crippen molar-refractivity contribution in [2.75, 3.05) is 54.6 Å². The third kappa shape index (κ3) is 8.11. The van der Waals surface area contributed by atoms with Crippen LogP contribution in [0.15, 0.2) is 158 Å². The monoisotopic (exact) mass is 929 g/mol. The predicted octanol–water partition coefficient (Wildman–Crippen LogP) is 7.44. The molecule has 350 valence electrons. The molecule has 6 atom stereocenters. The zero-order valence-electron chi connectivity index (χ0n) is 37.2. The lowest BCUT2D eigenvalue weighted by Crippen LogP contribution is -2.54. The van der Waals surface area contributed by atoms with Crippen LogP contribution in [-0.2, 0) is 40.6 Å². The lowest BCUT2D eigenvalue weighted by molar-refractivity contribution is -0.384. The molecular formula is C53H47N5O11. The zero-order chi connectivity index (χ0) is 47.6. The van der Waals surface area contributed by atoms with Crippen molar-refractivity contribution >= 4 is 46.6 Å². The first-order valence-corrected chi connectivity index (χ1v) is 22.7. The molecule has 16 heteroatoms. The van der Waals surface area contributed by atoms with E-state index in [4.69, 9.17) is 18.9 Å². The van der Waals surface area contributed by atoms with Crippen molar-refractivity contribution in [3.05, 3.63) is 196 Å². The van der Waals surface area contributed by atoms with Gasteiger partial charge in [0.1, 0.15) is 36.5 Å². The largest absolute Gasteiger partial charge is 0.491 e. The Morgan fingerprint density at radius 2 is 1.45 bits per heavy atom. The van der Waals surface area contributed by atoms with E-state index < -0.39 is 64.4 Å². The summed E-state index contributed by atoms with van der Waals surface area (Å²) in [7, 11) is 0. The number of carbonyl (C=O) groups is 4. The van der Waals surface area contributed by atoms with Gasteiger partial charge in [-0.1, -0.05) is 91.0 Å². The number of benzene rings is 6. The Balaban J connectivity index is 1.17. The average molecular weight is 930 g/mol. The van der Waals surface area contributed by atoms with Gasteiger partial charge in [-0.05, 0) is 82.4 Å². The molecule has 69 heavy (non-hydrogen) atoms. The van der Waals surface area contributed by atoms with E-state index in [9.17, 15) is 20.0 Å². The fourth-order valence-corrected chi connectivity index (χ4v) is 10.5. The fraction of sp³-hybridized carbons (Fsp3) is 0.245. The number of aliphatic hydroxyl groups excluding tert-OH is 1. The van der Waals surface area contributed by atoms with Crippen LogP contribution < -0.4 is 19.9 Å². The number of hydrogen-bond donors (Lipinski definition) is 2. The molecule has 6 aromatic carbocycles. The summed E-state index contributed by atoms with van der Waals surface area (Å²) in [6.07, 6.45) is -2.00. The number of esters is 1. The molecule has 0 bridgehead atoms. The van der Waals surface area contributed by atoms with Gasteiger partial charge in [0.2, 0.25) is 11.8 Å². The quantitative estimate of drug-likeness (QED) is 0.0700. The van der Waals surface area contributed by atoms with Gasteiger partial charge in [-0.15, -0.1) is 0 Å². The summed E-state index contributed by atoms with van der Waals surface area (Å²) >= 11 is 0. The van der Waals surface area contributed by atoms with Crippen molar-refractivity contribution in [3.63, 3.8) is 0 Å². The van der Waals surface area contributed by atoms with Gasteiger partial charge in [-0.3, -0.25) is 29.4 Å². The minimum absolute atomic E-state index is 0.0356. The minimum atomic E-state index is -2.04. The number of cyclic esters (lactones) is 1. The first-order valence-electron chi connectivity index (χ1n) is 22.7. The predicted molar refractivity (Wildman–Crippen MR) is 252 cm³/mol. The Labute approximate surface area is 396 Å².